The molecule has 1 aliphatic rings. The van der Waals surface area contributed by atoms with Gasteiger partial charge in [-0.25, -0.2) is 0 Å². The van der Waals surface area contributed by atoms with E-state index in [0.717, 1.165) is 23.7 Å². The molecule has 2 aromatic rings. The molecule has 1 saturated heterocycles. The minimum Gasteiger partial charge on any atom is -0.383 e. The van der Waals surface area contributed by atoms with Crippen LogP contribution in [0.3, 0.4) is 0 Å². The maximum atomic E-state index is 12.4. The van der Waals surface area contributed by atoms with Gasteiger partial charge in [-0.15, -0.1) is 24.8 Å². The lowest BCUT2D eigenvalue weighted by atomic mass is 9.96. The van der Waals surface area contributed by atoms with Crippen molar-refractivity contribution >= 4 is 42.3 Å². The van der Waals surface area contributed by atoms with Crippen molar-refractivity contribution in [2.24, 2.45) is 5.73 Å². The average Bonchev–Trinajstić information content (AvgIpc) is 2.71. The Balaban J connectivity index is 0.00000210. The molecule has 1 aliphatic heterocycles. The number of carbonyl (C=O) groups is 1. The van der Waals surface area contributed by atoms with E-state index in [0.29, 0.717) is 13.1 Å². The second kappa shape index (κ2) is 12.4. The van der Waals surface area contributed by atoms with Gasteiger partial charge in [0, 0.05) is 38.3 Å². The van der Waals surface area contributed by atoms with Crippen LogP contribution in [0, 0.1) is 0 Å². The van der Waals surface area contributed by atoms with Gasteiger partial charge < -0.3 is 15.4 Å². The molecule has 0 aliphatic carbocycles. The molecule has 5 nitrogen and oxygen atoms in total. The van der Waals surface area contributed by atoms with Crippen molar-refractivity contribution in [3.8, 4) is 0 Å². The summed E-state index contributed by atoms with van der Waals surface area (Å²) in [4.78, 5) is 16.6. The average molecular weight is 461 g/mol. The Hall–Kier alpha value is -1.34. The lowest BCUT2D eigenvalue weighted by molar-refractivity contribution is -0.135. The summed E-state index contributed by atoms with van der Waals surface area (Å²) < 4.78 is 5.01. The number of hydrogen-bond donors (Lipinski definition) is 1. The zero-order valence-corrected chi connectivity index (χ0v) is 18.8. The lowest BCUT2D eigenvalue weighted by Gasteiger charge is -2.40. The molecule has 1 amide bonds. The van der Waals surface area contributed by atoms with Crippen LogP contribution in [0.2, 0.25) is 5.02 Å². The molecule has 0 bridgehead atoms. The van der Waals surface area contributed by atoms with Gasteiger partial charge in [0.2, 0.25) is 5.91 Å². The van der Waals surface area contributed by atoms with Crippen LogP contribution in [0.1, 0.15) is 17.2 Å². The van der Waals surface area contributed by atoms with Crippen LogP contribution in [0.25, 0.3) is 0 Å². The van der Waals surface area contributed by atoms with E-state index in [9.17, 15) is 4.79 Å². The first-order valence-corrected chi connectivity index (χ1v) is 9.56. The van der Waals surface area contributed by atoms with Gasteiger partial charge in [-0.2, -0.15) is 0 Å². The molecule has 29 heavy (non-hydrogen) atoms. The van der Waals surface area contributed by atoms with Gasteiger partial charge >= 0.3 is 0 Å². The molecule has 2 N–H and O–H groups in total. The molecule has 160 valence electrons. The van der Waals surface area contributed by atoms with E-state index in [1.165, 1.54) is 5.56 Å². The summed E-state index contributed by atoms with van der Waals surface area (Å²) in [6.45, 7) is 3.05. The molecule has 2 aromatic carbocycles. The highest BCUT2D eigenvalue weighted by Crippen LogP contribution is 2.33. The smallest absolute Gasteiger partial charge is 0.241 e. The SMILES string of the molecule is COCC(N)C(=O)N1CCN(C(c2ccccc2)c2ccccc2Cl)CC1.Cl.Cl. The van der Waals surface area contributed by atoms with Gasteiger partial charge in [0.1, 0.15) is 6.04 Å². The Morgan fingerprint density at radius 1 is 1.03 bits per heavy atom. The Morgan fingerprint density at radius 3 is 2.21 bits per heavy atom. The summed E-state index contributed by atoms with van der Waals surface area (Å²) in [5.41, 5.74) is 8.19. The van der Waals surface area contributed by atoms with Crippen molar-refractivity contribution in [3.63, 3.8) is 0 Å². The molecule has 3 rings (SSSR count). The Labute approximate surface area is 190 Å². The molecule has 0 spiro atoms. The van der Waals surface area contributed by atoms with Crippen molar-refractivity contribution in [1.29, 1.82) is 0 Å². The highest BCUT2D eigenvalue weighted by Gasteiger charge is 2.30. The van der Waals surface area contributed by atoms with Crippen LogP contribution < -0.4 is 5.73 Å². The van der Waals surface area contributed by atoms with Gasteiger partial charge in [0.25, 0.3) is 0 Å². The first kappa shape index (κ1) is 25.7. The first-order chi connectivity index (χ1) is 13.1. The normalized spacial score (nSPS) is 16.3. The van der Waals surface area contributed by atoms with Crippen LogP contribution in [-0.4, -0.2) is 61.6 Å². The highest BCUT2D eigenvalue weighted by atomic mass is 35.5. The van der Waals surface area contributed by atoms with E-state index < -0.39 is 6.04 Å². The standard InChI is InChI=1S/C21H26ClN3O2.2ClH/c1-27-15-19(23)21(26)25-13-11-24(12-14-25)20(16-7-3-2-4-8-16)17-9-5-6-10-18(17)22;;/h2-10,19-20H,11-15,23H2,1H3;2*1H. The molecule has 2 atom stereocenters. The summed E-state index contributed by atoms with van der Waals surface area (Å²) >= 11 is 6.52. The second-order valence-corrected chi connectivity index (χ2v) is 7.17. The number of amides is 1. The zero-order valence-electron chi connectivity index (χ0n) is 16.4. The van der Waals surface area contributed by atoms with Crippen LogP contribution in [0.15, 0.2) is 54.6 Å². The molecule has 1 fully saturated rings. The van der Waals surface area contributed by atoms with E-state index >= 15 is 0 Å². The van der Waals surface area contributed by atoms with E-state index in [2.05, 4.69) is 23.1 Å². The maximum Gasteiger partial charge on any atom is 0.241 e. The lowest BCUT2D eigenvalue weighted by Crippen LogP contribution is -2.54. The third kappa shape index (κ3) is 6.32. The second-order valence-electron chi connectivity index (χ2n) is 6.76. The van der Waals surface area contributed by atoms with Gasteiger partial charge in [-0.3, -0.25) is 9.69 Å². The fraction of sp³-hybridized carbons (Fsp3) is 0.381. The molecule has 0 aromatic heterocycles. The van der Waals surface area contributed by atoms with Crippen molar-refractivity contribution in [2.75, 3.05) is 39.9 Å². The molecule has 1 heterocycles. The van der Waals surface area contributed by atoms with E-state index in [4.69, 9.17) is 22.1 Å². The topological polar surface area (TPSA) is 58.8 Å². The number of ether oxygens (including phenoxy) is 1. The maximum absolute atomic E-state index is 12.4. The Bertz CT molecular complexity index is 756. The minimum atomic E-state index is -0.602. The van der Waals surface area contributed by atoms with Crippen molar-refractivity contribution in [2.45, 2.75) is 12.1 Å². The first-order valence-electron chi connectivity index (χ1n) is 9.18. The predicted molar refractivity (Wildman–Crippen MR) is 122 cm³/mol. The van der Waals surface area contributed by atoms with Crippen LogP contribution in [-0.2, 0) is 9.53 Å². The number of carbonyl (C=O) groups excluding carboxylic acids is 1. The molecule has 8 heteroatoms. The molecule has 2 unspecified atom stereocenters. The third-order valence-electron chi connectivity index (χ3n) is 4.97. The monoisotopic (exact) mass is 459 g/mol. The zero-order chi connectivity index (χ0) is 19.2. The number of rotatable bonds is 6. The van der Waals surface area contributed by atoms with E-state index in [1.54, 1.807) is 7.11 Å². The largest absolute Gasteiger partial charge is 0.383 e. The van der Waals surface area contributed by atoms with Gasteiger partial charge in [-0.1, -0.05) is 60.1 Å². The predicted octanol–water partition coefficient (Wildman–Crippen LogP) is 3.39. The number of nitrogens with two attached hydrogens (primary N) is 1. The summed E-state index contributed by atoms with van der Waals surface area (Å²) in [6, 6.07) is 17.8. The van der Waals surface area contributed by atoms with Crippen molar-refractivity contribution in [3.05, 3.63) is 70.7 Å². The van der Waals surface area contributed by atoms with Gasteiger partial charge in [0.15, 0.2) is 0 Å². The third-order valence-corrected chi connectivity index (χ3v) is 5.31. The van der Waals surface area contributed by atoms with Crippen LogP contribution >= 0.6 is 36.4 Å². The fourth-order valence-electron chi connectivity index (χ4n) is 3.61. The summed E-state index contributed by atoms with van der Waals surface area (Å²) in [6.07, 6.45) is 0. The molecule has 0 radical (unpaired) electrons. The number of methoxy groups -OCH3 is 1. The van der Waals surface area contributed by atoms with Crippen LogP contribution in [0.5, 0.6) is 0 Å². The summed E-state index contributed by atoms with van der Waals surface area (Å²) in [7, 11) is 1.55. The minimum absolute atomic E-state index is 0. The number of hydrogen-bond acceptors (Lipinski definition) is 4. The Kier molecular flexibility index (Phi) is 11.0. The van der Waals surface area contributed by atoms with Gasteiger partial charge in [0.05, 0.1) is 12.6 Å². The van der Waals surface area contributed by atoms with Crippen LogP contribution in [0.4, 0.5) is 0 Å². The fourth-order valence-corrected chi connectivity index (χ4v) is 3.84. The number of halogens is 3. The van der Waals surface area contributed by atoms with E-state index in [-0.39, 0.29) is 43.4 Å². The molecule has 0 saturated carbocycles. The Morgan fingerprint density at radius 2 is 1.62 bits per heavy atom. The summed E-state index contributed by atoms with van der Waals surface area (Å²) in [5.74, 6) is -0.0505. The number of piperazine rings is 1. The summed E-state index contributed by atoms with van der Waals surface area (Å²) in [5, 5.41) is 0.756. The quantitative estimate of drug-likeness (QED) is 0.718. The molecular formula is C21H28Cl3N3O2. The number of nitrogens with zero attached hydrogens (tertiary/aromatic N) is 2. The van der Waals surface area contributed by atoms with Gasteiger partial charge in [-0.05, 0) is 17.2 Å². The van der Waals surface area contributed by atoms with E-state index in [1.807, 2.05) is 41.3 Å². The van der Waals surface area contributed by atoms with Crippen molar-refractivity contribution < 1.29 is 9.53 Å². The molecular weight excluding hydrogens is 433 g/mol. The van der Waals surface area contributed by atoms with Crippen molar-refractivity contribution in [1.82, 2.24) is 9.80 Å². The number of benzene rings is 2. The highest BCUT2D eigenvalue weighted by molar-refractivity contribution is 6.31.